The van der Waals surface area contributed by atoms with Crippen molar-refractivity contribution in [3.8, 4) is 0 Å². The molecule has 0 aromatic heterocycles. The maximum absolute atomic E-state index is 9.66. The number of thioether (sulfide) groups is 1. The number of hydrogen-bond acceptors (Lipinski definition) is 3. The predicted molar refractivity (Wildman–Crippen MR) is 59.7 cm³/mol. The fraction of sp³-hybridized carbons (Fsp3) is 0.455. The Morgan fingerprint density at radius 3 is 2.79 bits per heavy atom. The summed E-state index contributed by atoms with van der Waals surface area (Å²) >= 11 is 1.77. The number of aliphatic hydroxyl groups excluding tert-OH is 1. The molecule has 2 rings (SSSR count). The van der Waals surface area contributed by atoms with Crippen molar-refractivity contribution >= 4 is 11.8 Å². The van der Waals surface area contributed by atoms with Crippen molar-refractivity contribution in [2.45, 2.75) is 23.2 Å². The summed E-state index contributed by atoms with van der Waals surface area (Å²) in [7, 11) is 0. The third kappa shape index (κ3) is 2.11. The summed E-state index contributed by atoms with van der Waals surface area (Å²) in [6.07, 6.45) is -0.209. The van der Waals surface area contributed by atoms with Crippen LogP contribution in [0, 0.1) is 6.92 Å². The highest BCUT2D eigenvalue weighted by Crippen LogP contribution is 2.29. The van der Waals surface area contributed by atoms with E-state index in [1.165, 1.54) is 10.5 Å². The number of nitrogens with one attached hydrogen (secondary N) is 1. The number of aliphatic hydroxyl groups is 1. The van der Waals surface area contributed by atoms with Crippen LogP contribution >= 0.6 is 11.8 Å². The normalized spacial score (nSPS) is 26.7. The van der Waals surface area contributed by atoms with Gasteiger partial charge < -0.3 is 10.4 Å². The van der Waals surface area contributed by atoms with E-state index in [9.17, 15) is 5.11 Å². The van der Waals surface area contributed by atoms with Gasteiger partial charge >= 0.3 is 0 Å². The van der Waals surface area contributed by atoms with Crippen molar-refractivity contribution in [3.05, 3.63) is 29.8 Å². The molecule has 1 aliphatic heterocycles. The molecule has 1 aromatic rings. The van der Waals surface area contributed by atoms with E-state index in [0.29, 0.717) is 5.25 Å². The SMILES string of the molecule is Cc1ccccc1SC1CNCC1O. The van der Waals surface area contributed by atoms with Crippen LogP contribution in [0.1, 0.15) is 5.56 Å². The average molecular weight is 209 g/mol. The topological polar surface area (TPSA) is 32.3 Å². The first-order chi connectivity index (χ1) is 6.77. The molecule has 2 atom stereocenters. The third-order valence-electron chi connectivity index (χ3n) is 2.50. The number of rotatable bonds is 2. The van der Waals surface area contributed by atoms with Gasteiger partial charge in [0.25, 0.3) is 0 Å². The van der Waals surface area contributed by atoms with Crippen LogP contribution in [0.5, 0.6) is 0 Å². The average Bonchev–Trinajstić information content (AvgIpc) is 2.56. The highest BCUT2D eigenvalue weighted by Gasteiger charge is 2.25. The summed E-state index contributed by atoms with van der Waals surface area (Å²) in [5.74, 6) is 0. The number of aryl methyl sites for hydroxylation is 1. The third-order valence-corrected chi connectivity index (χ3v) is 4.00. The summed E-state index contributed by atoms with van der Waals surface area (Å²) in [5, 5.41) is 13.2. The molecule has 1 saturated heterocycles. The molecule has 3 heteroatoms. The Morgan fingerprint density at radius 1 is 1.36 bits per heavy atom. The van der Waals surface area contributed by atoms with Gasteiger partial charge in [-0.15, -0.1) is 11.8 Å². The fourth-order valence-corrected chi connectivity index (χ4v) is 2.80. The molecule has 0 bridgehead atoms. The molecule has 2 nitrogen and oxygen atoms in total. The van der Waals surface area contributed by atoms with Crippen LogP contribution in [0.25, 0.3) is 0 Å². The van der Waals surface area contributed by atoms with Gasteiger partial charge in [0.15, 0.2) is 0 Å². The molecular weight excluding hydrogens is 194 g/mol. The van der Waals surface area contributed by atoms with E-state index in [4.69, 9.17) is 0 Å². The highest BCUT2D eigenvalue weighted by molar-refractivity contribution is 8.00. The summed E-state index contributed by atoms with van der Waals surface area (Å²) in [6.45, 7) is 3.74. The molecular formula is C11H15NOS. The molecule has 0 spiro atoms. The Balaban J connectivity index is 2.07. The Kier molecular flexibility index (Phi) is 3.11. The molecule has 14 heavy (non-hydrogen) atoms. The quantitative estimate of drug-likeness (QED) is 0.772. The van der Waals surface area contributed by atoms with E-state index in [2.05, 4.69) is 24.4 Å². The van der Waals surface area contributed by atoms with Gasteiger partial charge in [0, 0.05) is 23.2 Å². The summed E-state index contributed by atoms with van der Waals surface area (Å²) in [4.78, 5) is 1.28. The van der Waals surface area contributed by atoms with Crippen LogP contribution in [0.15, 0.2) is 29.2 Å². The molecule has 0 radical (unpaired) electrons. The molecule has 0 amide bonds. The van der Waals surface area contributed by atoms with Crippen molar-refractivity contribution in [3.63, 3.8) is 0 Å². The number of benzene rings is 1. The standard InChI is InChI=1S/C11H15NOS/c1-8-4-2-3-5-10(8)14-11-7-12-6-9(11)13/h2-5,9,11-13H,6-7H2,1H3. The van der Waals surface area contributed by atoms with Crippen LogP contribution in [-0.2, 0) is 0 Å². The van der Waals surface area contributed by atoms with Crippen molar-refractivity contribution in [2.24, 2.45) is 0 Å². The summed E-state index contributed by atoms with van der Waals surface area (Å²) in [6, 6.07) is 8.31. The Hall–Kier alpha value is -0.510. The van der Waals surface area contributed by atoms with E-state index < -0.39 is 0 Å². The molecule has 0 aliphatic carbocycles. The Labute approximate surface area is 88.7 Å². The van der Waals surface area contributed by atoms with E-state index >= 15 is 0 Å². The lowest BCUT2D eigenvalue weighted by atomic mass is 10.2. The molecule has 1 aliphatic rings. The maximum atomic E-state index is 9.66. The second-order valence-corrected chi connectivity index (χ2v) is 4.93. The fourth-order valence-electron chi connectivity index (χ4n) is 1.61. The zero-order chi connectivity index (χ0) is 9.97. The van der Waals surface area contributed by atoms with Gasteiger partial charge in [0.1, 0.15) is 0 Å². The van der Waals surface area contributed by atoms with Crippen LogP contribution in [-0.4, -0.2) is 29.5 Å². The summed E-state index contributed by atoms with van der Waals surface area (Å²) < 4.78 is 0. The van der Waals surface area contributed by atoms with Gasteiger partial charge in [0.2, 0.25) is 0 Å². The first-order valence-electron chi connectivity index (χ1n) is 4.88. The molecule has 1 fully saturated rings. The van der Waals surface area contributed by atoms with E-state index in [0.717, 1.165) is 13.1 Å². The second-order valence-electron chi connectivity index (χ2n) is 3.65. The zero-order valence-corrected chi connectivity index (χ0v) is 9.05. The van der Waals surface area contributed by atoms with Gasteiger partial charge in [-0.3, -0.25) is 0 Å². The molecule has 1 heterocycles. The molecule has 1 aromatic carbocycles. The number of hydrogen-bond donors (Lipinski definition) is 2. The second kappa shape index (κ2) is 4.34. The predicted octanol–water partition coefficient (Wildman–Crippen LogP) is 1.42. The largest absolute Gasteiger partial charge is 0.391 e. The lowest BCUT2D eigenvalue weighted by Gasteiger charge is -2.13. The van der Waals surface area contributed by atoms with Crippen LogP contribution in [0.3, 0.4) is 0 Å². The van der Waals surface area contributed by atoms with Crippen molar-refractivity contribution in [2.75, 3.05) is 13.1 Å². The highest BCUT2D eigenvalue weighted by atomic mass is 32.2. The van der Waals surface area contributed by atoms with Crippen molar-refractivity contribution in [1.29, 1.82) is 0 Å². The van der Waals surface area contributed by atoms with Crippen LogP contribution in [0.2, 0.25) is 0 Å². The van der Waals surface area contributed by atoms with Gasteiger partial charge in [-0.1, -0.05) is 18.2 Å². The molecule has 2 unspecified atom stereocenters. The zero-order valence-electron chi connectivity index (χ0n) is 8.23. The molecule has 0 saturated carbocycles. The molecule has 76 valence electrons. The van der Waals surface area contributed by atoms with E-state index in [1.54, 1.807) is 11.8 Å². The van der Waals surface area contributed by atoms with Crippen LogP contribution in [0.4, 0.5) is 0 Å². The van der Waals surface area contributed by atoms with Gasteiger partial charge in [0.05, 0.1) is 6.10 Å². The monoisotopic (exact) mass is 209 g/mol. The Morgan fingerprint density at radius 2 is 2.14 bits per heavy atom. The lowest BCUT2D eigenvalue weighted by Crippen LogP contribution is -2.19. The van der Waals surface area contributed by atoms with E-state index in [1.807, 2.05) is 12.1 Å². The minimum atomic E-state index is -0.209. The van der Waals surface area contributed by atoms with Crippen LogP contribution < -0.4 is 5.32 Å². The smallest absolute Gasteiger partial charge is 0.0798 e. The van der Waals surface area contributed by atoms with E-state index in [-0.39, 0.29) is 6.10 Å². The van der Waals surface area contributed by atoms with Crippen molar-refractivity contribution < 1.29 is 5.11 Å². The van der Waals surface area contributed by atoms with Gasteiger partial charge in [-0.05, 0) is 18.6 Å². The summed E-state index contributed by atoms with van der Waals surface area (Å²) in [5.41, 5.74) is 1.29. The number of β-amino-alcohol motifs (C(OH)–C–C–N with tert-alkyl or cyclic N) is 1. The maximum Gasteiger partial charge on any atom is 0.0798 e. The first-order valence-corrected chi connectivity index (χ1v) is 5.76. The molecule has 2 N–H and O–H groups in total. The van der Waals surface area contributed by atoms with Gasteiger partial charge in [-0.25, -0.2) is 0 Å². The van der Waals surface area contributed by atoms with Crippen molar-refractivity contribution in [1.82, 2.24) is 5.32 Å². The lowest BCUT2D eigenvalue weighted by molar-refractivity contribution is 0.201. The Bertz CT molecular complexity index is 316. The minimum Gasteiger partial charge on any atom is -0.391 e. The first kappa shape index (κ1) is 10.0. The minimum absolute atomic E-state index is 0.209. The van der Waals surface area contributed by atoms with Gasteiger partial charge in [-0.2, -0.15) is 0 Å².